The van der Waals surface area contributed by atoms with Crippen LogP contribution in [0, 0.1) is 5.92 Å². The Morgan fingerprint density at radius 3 is 2.56 bits per heavy atom. The molecule has 0 aromatic heterocycles. The Morgan fingerprint density at radius 2 is 1.94 bits per heavy atom. The maximum absolute atomic E-state index is 11.6. The third-order valence-corrected chi connectivity index (χ3v) is 4.16. The van der Waals surface area contributed by atoms with E-state index in [2.05, 4.69) is 6.92 Å². The molecule has 1 aromatic rings. The Labute approximate surface area is 108 Å². The molecule has 1 aromatic carbocycles. The van der Waals surface area contributed by atoms with E-state index in [9.17, 15) is 8.42 Å². The number of primary sulfonamides is 1. The first kappa shape index (κ1) is 13.3. The van der Waals surface area contributed by atoms with Crippen molar-refractivity contribution in [1.29, 1.82) is 0 Å². The van der Waals surface area contributed by atoms with Crippen molar-refractivity contribution in [2.45, 2.75) is 24.3 Å². The molecule has 18 heavy (non-hydrogen) atoms. The van der Waals surface area contributed by atoms with Crippen molar-refractivity contribution in [3.05, 3.63) is 24.3 Å². The van der Waals surface area contributed by atoms with E-state index in [0.29, 0.717) is 18.2 Å². The zero-order valence-electron chi connectivity index (χ0n) is 10.4. The van der Waals surface area contributed by atoms with Gasteiger partial charge in [-0.1, -0.05) is 19.1 Å². The molecule has 1 aliphatic rings. The molecule has 1 heterocycles. The van der Waals surface area contributed by atoms with Gasteiger partial charge in [-0.05, 0) is 24.5 Å². The molecule has 1 fully saturated rings. The monoisotopic (exact) mass is 269 g/mol. The highest BCUT2D eigenvalue weighted by Gasteiger charge is 2.25. The van der Waals surface area contributed by atoms with Crippen molar-refractivity contribution in [1.82, 2.24) is 0 Å². The third-order valence-electron chi connectivity index (χ3n) is 3.20. The lowest BCUT2D eigenvalue weighted by Crippen LogP contribution is -2.46. The van der Waals surface area contributed by atoms with Gasteiger partial charge >= 0.3 is 0 Å². The summed E-state index contributed by atoms with van der Waals surface area (Å²) in [6.07, 6.45) is 0.966. The highest BCUT2D eigenvalue weighted by atomic mass is 32.2. The van der Waals surface area contributed by atoms with E-state index in [1.54, 1.807) is 12.1 Å². The molecule has 5 nitrogen and oxygen atoms in total. The first-order chi connectivity index (χ1) is 8.38. The Morgan fingerprint density at radius 1 is 1.28 bits per heavy atom. The fourth-order valence-corrected chi connectivity index (χ4v) is 3.31. The molecule has 0 amide bonds. The minimum Gasteiger partial charge on any atom is -0.369 e. The Kier molecular flexibility index (Phi) is 3.61. The van der Waals surface area contributed by atoms with Gasteiger partial charge in [0.05, 0.1) is 5.69 Å². The van der Waals surface area contributed by atoms with E-state index in [1.165, 1.54) is 6.07 Å². The van der Waals surface area contributed by atoms with E-state index >= 15 is 0 Å². The van der Waals surface area contributed by atoms with Gasteiger partial charge in [0.2, 0.25) is 10.0 Å². The van der Waals surface area contributed by atoms with E-state index in [-0.39, 0.29) is 10.9 Å². The summed E-state index contributed by atoms with van der Waals surface area (Å²) in [5.41, 5.74) is 6.64. The van der Waals surface area contributed by atoms with Gasteiger partial charge in [-0.25, -0.2) is 13.6 Å². The van der Waals surface area contributed by atoms with Crippen molar-refractivity contribution >= 4 is 15.7 Å². The van der Waals surface area contributed by atoms with Crippen LogP contribution in [0.5, 0.6) is 0 Å². The average molecular weight is 269 g/mol. The predicted molar refractivity (Wildman–Crippen MR) is 71.8 cm³/mol. The number of nitrogens with two attached hydrogens (primary N) is 2. The van der Waals surface area contributed by atoms with Crippen LogP contribution in [0.1, 0.15) is 13.3 Å². The Balaban J connectivity index is 2.39. The van der Waals surface area contributed by atoms with Gasteiger partial charge in [0.1, 0.15) is 4.90 Å². The smallest absolute Gasteiger partial charge is 0.240 e. The number of nitrogens with zero attached hydrogens (tertiary/aromatic N) is 1. The fourth-order valence-electron chi connectivity index (χ4n) is 2.56. The molecule has 1 saturated heterocycles. The number of piperidine rings is 1. The Bertz CT molecular complexity index is 520. The molecule has 0 saturated carbocycles. The average Bonchev–Trinajstić information content (AvgIpc) is 2.26. The van der Waals surface area contributed by atoms with Gasteiger partial charge < -0.3 is 10.6 Å². The summed E-state index contributed by atoms with van der Waals surface area (Å²) in [5.74, 6) is 0.447. The highest BCUT2D eigenvalue weighted by molar-refractivity contribution is 7.89. The van der Waals surface area contributed by atoms with Crippen LogP contribution in [-0.2, 0) is 10.0 Å². The quantitative estimate of drug-likeness (QED) is 0.818. The predicted octanol–water partition coefficient (Wildman–Crippen LogP) is 0.507. The van der Waals surface area contributed by atoms with Crippen molar-refractivity contribution in [2.75, 3.05) is 18.0 Å². The van der Waals surface area contributed by atoms with Gasteiger partial charge in [-0.15, -0.1) is 0 Å². The summed E-state index contributed by atoms with van der Waals surface area (Å²) in [5, 5.41) is 5.25. The summed E-state index contributed by atoms with van der Waals surface area (Å²) in [4.78, 5) is 2.18. The minimum absolute atomic E-state index is 0.0716. The van der Waals surface area contributed by atoms with Crippen molar-refractivity contribution in [3.63, 3.8) is 0 Å². The first-order valence-corrected chi connectivity index (χ1v) is 7.55. The number of sulfonamides is 1. The van der Waals surface area contributed by atoms with Crippen LogP contribution in [0.3, 0.4) is 0 Å². The number of hydrogen-bond donors (Lipinski definition) is 2. The van der Waals surface area contributed by atoms with Crippen molar-refractivity contribution in [3.8, 4) is 0 Å². The van der Waals surface area contributed by atoms with E-state index < -0.39 is 10.0 Å². The summed E-state index contributed by atoms with van der Waals surface area (Å²) in [6.45, 7) is 3.59. The van der Waals surface area contributed by atoms with Crippen molar-refractivity contribution < 1.29 is 8.42 Å². The molecule has 2 unspecified atom stereocenters. The number of anilines is 1. The van der Waals surface area contributed by atoms with Gasteiger partial charge in [-0.2, -0.15) is 0 Å². The lowest BCUT2D eigenvalue weighted by molar-refractivity contribution is 0.400. The number of para-hydroxylation sites is 1. The molecular formula is C12H19N3O2S. The zero-order valence-corrected chi connectivity index (χ0v) is 11.2. The molecule has 2 rings (SSSR count). The third kappa shape index (κ3) is 2.82. The lowest BCUT2D eigenvalue weighted by atomic mass is 9.96. The molecular weight excluding hydrogens is 250 g/mol. The largest absolute Gasteiger partial charge is 0.369 e. The van der Waals surface area contributed by atoms with Gasteiger partial charge in [-0.3, -0.25) is 0 Å². The Hall–Kier alpha value is -1.11. The second-order valence-electron chi connectivity index (χ2n) is 5.02. The van der Waals surface area contributed by atoms with Crippen LogP contribution in [0.2, 0.25) is 0 Å². The molecule has 0 radical (unpaired) electrons. The number of hydrogen-bond acceptors (Lipinski definition) is 4. The summed E-state index contributed by atoms with van der Waals surface area (Å²) in [7, 11) is -3.70. The van der Waals surface area contributed by atoms with Gasteiger partial charge in [0, 0.05) is 19.1 Å². The van der Waals surface area contributed by atoms with Gasteiger partial charge in [0.25, 0.3) is 0 Å². The maximum Gasteiger partial charge on any atom is 0.240 e. The van der Waals surface area contributed by atoms with Crippen LogP contribution in [-0.4, -0.2) is 27.5 Å². The lowest BCUT2D eigenvalue weighted by Gasteiger charge is -2.37. The molecule has 1 aliphatic heterocycles. The number of rotatable bonds is 2. The first-order valence-electron chi connectivity index (χ1n) is 6.00. The number of benzene rings is 1. The molecule has 0 aliphatic carbocycles. The summed E-state index contributed by atoms with van der Waals surface area (Å²) >= 11 is 0. The van der Waals surface area contributed by atoms with Gasteiger partial charge in [0.15, 0.2) is 0 Å². The van der Waals surface area contributed by atoms with Crippen LogP contribution < -0.4 is 15.8 Å². The fraction of sp³-hybridized carbons (Fsp3) is 0.500. The second-order valence-corrected chi connectivity index (χ2v) is 6.55. The molecule has 0 spiro atoms. The van der Waals surface area contributed by atoms with E-state index in [4.69, 9.17) is 10.9 Å². The molecule has 6 heteroatoms. The van der Waals surface area contributed by atoms with Crippen LogP contribution in [0.25, 0.3) is 0 Å². The van der Waals surface area contributed by atoms with E-state index in [0.717, 1.165) is 13.0 Å². The minimum atomic E-state index is -3.70. The molecule has 2 atom stereocenters. The maximum atomic E-state index is 11.6. The van der Waals surface area contributed by atoms with E-state index in [1.807, 2.05) is 11.0 Å². The SMILES string of the molecule is CC1CC(N)CN(c2ccccc2S(N)(=O)=O)C1. The topological polar surface area (TPSA) is 89.4 Å². The molecule has 4 N–H and O–H groups in total. The highest BCUT2D eigenvalue weighted by Crippen LogP contribution is 2.28. The van der Waals surface area contributed by atoms with Crippen LogP contribution in [0.4, 0.5) is 5.69 Å². The summed E-state index contributed by atoms with van der Waals surface area (Å²) < 4.78 is 23.2. The zero-order chi connectivity index (χ0) is 13.3. The molecule has 0 bridgehead atoms. The second kappa shape index (κ2) is 4.87. The van der Waals surface area contributed by atoms with Crippen molar-refractivity contribution in [2.24, 2.45) is 16.8 Å². The summed E-state index contributed by atoms with van der Waals surface area (Å²) in [6, 6.07) is 6.88. The van der Waals surface area contributed by atoms with Crippen LogP contribution >= 0.6 is 0 Å². The van der Waals surface area contributed by atoms with Crippen LogP contribution in [0.15, 0.2) is 29.2 Å². The normalized spacial score (nSPS) is 25.2. The molecule has 100 valence electrons. The standard InChI is InChI=1S/C12H19N3O2S/c1-9-6-10(13)8-15(7-9)11-4-2-3-5-12(11)18(14,16)17/h2-5,9-10H,6-8,13H2,1H3,(H2,14,16,17).